The molecule has 33 heteroatoms. The molecule has 2 aliphatic heterocycles. The first kappa shape index (κ1) is 88.9. The third-order valence-corrected chi connectivity index (χ3v) is 25.0. The van der Waals surface area contributed by atoms with Crippen molar-refractivity contribution in [1.29, 1.82) is 0 Å². The summed E-state index contributed by atoms with van der Waals surface area (Å²) < 4.78 is 191. The van der Waals surface area contributed by atoms with Crippen LogP contribution < -0.4 is 31.4 Å². The molecular formula is C80H98N4O24PS4+. The van der Waals surface area contributed by atoms with E-state index >= 15 is 0 Å². The zero-order chi connectivity index (χ0) is 81.2. The first-order chi connectivity index (χ1) is 54.1. The van der Waals surface area contributed by atoms with Crippen molar-refractivity contribution in [2.75, 3.05) is 156 Å². The second-order valence-corrected chi connectivity index (χ2v) is 35.1. The molecule has 28 nitrogen and oxygen atoms in total. The number of benzene rings is 7. The molecule has 0 aromatic heterocycles. The van der Waals surface area contributed by atoms with Crippen LogP contribution in [0.25, 0.3) is 21.5 Å². The summed E-state index contributed by atoms with van der Waals surface area (Å²) in [6.07, 6.45) is 9.59. The minimum atomic E-state index is -4.62. The van der Waals surface area contributed by atoms with Gasteiger partial charge in [0, 0.05) is 78.5 Å². The predicted molar refractivity (Wildman–Crippen MR) is 431 cm³/mol. The van der Waals surface area contributed by atoms with Crippen LogP contribution in [0.2, 0.25) is 0 Å². The second kappa shape index (κ2) is 42.0. The molecule has 7 aromatic carbocycles. The van der Waals surface area contributed by atoms with Gasteiger partial charge in [-0.1, -0.05) is 97.1 Å². The fourth-order valence-corrected chi connectivity index (χ4v) is 18.5. The third kappa shape index (κ3) is 25.0. The van der Waals surface area contributed by atoms with E-state index in [4.69, 9.17) is 42.6 Å². The molecule has 2 heterocycles. The zero-order valence-corrected chi connectivity index (χ0v) is 67.6. The number of nitrogens with zero attached hydrogens (tertiary/aromatic N) is 2. The maximum absolute atomic E-state index is 13.5. The second-order valence-electron chi connectivity index (χ2n) is 26.9. The van der Waals surface area contributed by atoms with Crippen molar-refractivity contribution in [2.45, 2.75) is 66.6 Å². The first-order valence-electron chi connectivity index (χ1n) is 36.7. The molecule has 6 N–H and O–H groups in total. The predicted octanol–water partition coefficient (Wildman–Crippen LogP) is 8.20. The van der Waals surface area contributed by atoms with Crippen LogP contribution in [0, 0.1) is 0 Å². The molecule has 9 rings (SSSR count). The zero-order valence-electron chi connectivity index (χ0n) is 63.5. The Morgan fingerprint density at radius 2 is 1.03 bits per heavy atom. The smallest absolute Gasteiger partial charge is 0.338 e. The molecule has 0 aliphatic carbocycles. The maximum atomic E-state index is 13.5. The number of allylic oxidation sites excluding steroid dienone is 6. The molecule has 2 amide bonds. The fourth-order valence-electron chi connectivity index (χ4n) is 14.0. The van der Waals surface area contributed by atoms with E-state index in [1.165, 1.54) is 31.4 Å². The Balaban J connectivity index is 0.817. The Morgan fingerprint density at radius 1 is 0.522 bits per heavy atom. The normalized spacial score (nSPS) is 16.4. The van der Waals surface area contributed by atoms with E-state index < -0.39 is 76.7 Å². The minimum absolute atomic E-state index is 0.00571. The van der Waals surface area contributed by atoms with Gasteiger partial charge in [0.2, 0.25) is 11.6 Å². The summed E-state index contributed by atoms with van der Waals surface area (Å²) in [4.78, 5) is 40.5. The Kier molecular flexibility index (Phi) is 33.0. The molecule has 113 heavy (non-hydrogen) atoms. The van der Waals surface area contributed by atoms with Crippen molar-refractivity contribution in [2.24, 2.45) is 0 Å². The van der Waals surface area contributed by atoms with Gasteiger partial charge in [0.25, 0.3) is 46.4 Å². The van der Waals surface area contributed by atoms with Crippen molar-refractivity contribution >= 4 is 121 Å². The van der Waals surface area contributed by atoms with Gasteiger partial charge >= 0.3 is 5.97 Å². The van der Waals surface area contributed by atoms with Crippen LogP contribution in [0.5, 0.6) is 0 Å². The first-order valence-corrected chi connectivity index (χ1v) is 44.2. The van der Waals surface area contributed by atoms with Crippen molar-refractivity contribution in [3.63, 3.8) is 0 Å². The number of carbonyl (C=O) groups excluding carboxylic acids is 3. The lowest BCUT2D eigenvalue weighted by Crippen LogP contribution is -2.35. The van der Waals surface area contributed by atoms with E-state index in [1.54, 1.807) is 67.8 Å². The van der Waals surface area contributed by atoms with Crippen LogP contribution in [0.1, 0.15) is 77.8 Å². The molecule has 2 unspecified atom stereocenters. The topological polar surface area (TPSA) is 382 Å². The summed E-state index contributed by atoms with van der Waals surface area (Å²) >= 11 is 0. The van der Waals surface area contributed by atoms with Gasteiger partial charge in [-0.2, -0.15) is 38.2 Å². The summed E-state index contributed by atoms with van der Waals surface area (Å²) in [5.74, 6) is -2.27. The summed E-state index contributed by atoms with van der Waals surface area (Å²) in [5, 5.41) is 10.5. The van der Waals surface area contributed by atoms with Crippen molar-refractivity contribution in [1.82, 2.24) is 10.6 Å². The highest BCUT2D eigenvalue weighted by Gasteiger charge is 2.49. The molecular weight excluding hydrogens is 1560 g/mol. The monoisotopic (exact) mass is 1660 g/mol. The molecule has 0 bridgehead atoms. The van der Waals surface area contributed by atoms with Gasteiger partial charge in [0.1, 0.15) is 6.61 Å². The average molecular weight is 1660 g/mol. The van der Waals surface area contributed by atoms with E-state index in [2.05, 4.69) is 10.6 Å². The summed E-state index contributed by atoms with van der Waals surface area (Å²) in [6, 6.07) is 40.0. The largest absolute Gasteiger partial charge is 0.465 e. The molecule has 0 saturated carbocycles. The van der Waals surface area contributed by atoms with Crippen LogP contribution in [-0.2, 0) is 98.7 Å². The quantitative estimate of drug-likeness (QED) is 0.00522. The number of anilines is 1. The standard InChI is InChI=1S/C80H97N4O24PS4/c1-79(33-14-54-110(88,89)90)72(83(37-40-103-45-48-107-51-50-105-43-42-100-3)69-30-23-59-56-64(112(94,95)96)25-28-66(59)75(69)79)20-12-7-13-21-73-80(2,34-15-55-111(91,92)93)76-67-29-26-65(113(97,98)99)57-60(67)24-31-70(76)84(73)38-41-104-46-49-108-53-52-106-47-44-102-39-32-74(85)81-35-36-82-77(86)61-22-27-68(78(87)101-4)71(58-61)109(62-16-8-5-9-17-62)63-18-10-6-11-19-63/h5-13,16-31,56-58H,14-15,32-55H2,1-4H3,(H5-,81,82,85,86,88,89,90,91,92,93,94,95,96,97,98,99)/p+1. The summed E-state index contributed by atoms with van der Waals surface area (Å²) in [6.45, 7) is 8.66. The molecule has 7 aromatic rings. The maximum Gasteiger partial charge on any atom is 0.338 e. The third-order valence-electron chi connectivity index (χ3n) is 19.2. The molecule has 0 radical (unpaired) electrons. The molecule has 0 saturated heterocycles. The van der Waals surface area contributed by atoms with Crippen molar-refractivity contribution in [3.05, 3.63) is 198 Å². The number of nitrogens with one attached hydrogen (secondary N) is 2. The lowest BCUT2D eigenvalue weighted by Gasteiger charge is -2.30. The number of carbonyl (C=O) groups is 3. The average Bonchev–Trinajstić information content (AvgIpc) is 1.57. The lowest BCUT2D eigenvalue weighted by atomic mass is 9.74. The molecule has 0 fully saturated rings. The molecule has 2 aliphatic rings. The number of amides is 2. The number of methoxy groups -OCH3 is 2. The van der Waals surface area contributed by atoms with E-state index in [0.717, 1.165) is 27.4 Å². The van der Waals surface area contributed by atoms with Crippen LogP contribution in [0.4, 0.5) is 11.4 Å². The molecule has 610 valence electrons. The van der Waals surface area contributed by atoms with E-state index in [1.807, 2.05) is 108 Å². The van der Waals surface area contributed by atoms with Crippen LogP contribution in [0.3, 0.4) is 0 Å². The highest BCUT2D eigenvalue weighted by Crippen LogP contribution is 2.54. The SMILES string of the molecule is COCCOCCOCCOCC[N+]1=C(C=CC=CC=C2N(CCOCCOCCOCCOCCC(=O)NCCNC(=O)c3ccc(C(=O)OC)c(P(c4ccccc4)c4ccccc4)c3)c3ccc4cc(S(=O)(=O)O)ccc4c3C2(C)CCCS(=O)(=O)O)C(C)(CCCS(=O)(=O)O)c2c1ccc1cc(S(=O)(=O)O)ccc21. The highest BCUT2D eigenvalue weighted by atomic mass is 32.2. The Bertz CT molecular complexity index is 5010. The van der Waals surface area contributed by atoms with E-state index in [0.29, 0.717) is 81.5 Å². The van der Waals surface area contributed by atoms with Crippen LogP contribution >= 0.6 is 7.92 Å². The Morgan fingerprint density at radius 3 is 1.57 bits per heavy atom. The number of hydrogen-bond acceptors (Lipinski definition) is 21. The van der Waals surface area contributed by atoms with Crippen molar-refractivity contribution in [3.8, 4) is 0 Å². The van der Waals surface area contributed by atoms with Crippen LogP contribution in [0.15, 0.2) is 185 Å². The van der Waals surface area contributed by atoms with Gasteiger partial charge in [0.05, 0.1) is 132 Å². The Labute approximate surface area is 661 Å². The number of esters is 1. The number of ether oxygens (including phenoxy) is 9. The van der Waals surface area contributed by atoms with Gasteiger partial charge in [-0.05, 0) is 146 Å². The van der Waals surface area contributed by atoms with Crippen molar-refractivity contribution < 1.29 is 113 Å². The van der Waals surface area contributed by atoms with Gasteiger partial charge in [-0.15, -0.1) is 0 Å². The van der Waals surface area contributed by atoms with E-state index in [9.17, 15) is 66.3 Å². The van der Waals surface area contributed by atoms with Gasteiger partial charge < -0.3 is 58.2 Å². The molecule has 2 atom stereocenters. The van der Waals surface area contributed by atoms with Gasteiger partial charge in [-0.25, -0.2) is 4.79 Å². The number of fused-ring (bicyclic) bond motifs is 6. The molecule has 0 spiro atoms. The lowest BCUT2D eigenvalue weighted by molar-refractivity contribution is -0.442. The summed E-state index contributed by atoms with van der Waals surface area (Å²) in [7, 11) is -16.4. The number of hydrogen-bond donors (Lipinski definition) is 6. The van der Waals surface area contributed by atoms with Gasteiger partial charge in [0.15, 0.2) is 12.3 Å². The van der Waals surface area contributed by atoms with Crippen LogP contribution in [-0.4, -0.2) is 231 Å². The van der Waals surface area contributed by atoms with E-state index in [-0.39, 0.29) is 153 Å². The summed E-state index contributed by atoms with van der Waals surface area (Å²) in [5.41, 5.74) is 2.97. The number of rotatable bonds is 48. The Hall–Kier alpha value is -8.09. The minimum Gasteiger partial charge on any atom is -0.465 e. The van der Waals surface area contributed by atoms with Gasteiger partial charge in [-0.3, -0.25) is 27.8 Å². The highest BCUT2D eigenvalue weighted by molar-refractivity contribution is 7.86. The fraction of sp³-hybridized carbons (Fsp3) is 0.400.